The lowest BCUT2D eigenvalue weighted by Crippen LogP contribution is -2.25. The zero-order valence-electron chi connectivity index (χ0n) is 6.96. The normalized spacial score (nSPS) is 15.5. The molecule has 1 N–H and O–H groups in total. The summed E-state index contributed by atoms with van der Waals surface area (Å²) in [7, 11) is 0. The van der Waals surface area contributed by atoms with E-state index in [2.05, 4.69) is 26.2 Å². The van der Waals surface area contributed by atoms with Crippen LogP contribution in [-0.4, -0.2) is 16.9 Å². The summed E-state index contributed by atoms with van der Waals surface area (Å²) in [5, 5.41) is 2.90. The quantitative estimate of drug-likeness (QED) is 0.856. The second-order valence-electron chi connectivity index (χ2n) is 3.14. The number of carbonyl (C=O) groups is 1. The van der Waals surface area contributed by atoms with Gasteiger partial charge in [0.05, 0.1) is 5.56 Å². The van der Waals surface area contributed by atoms with Crippen LogP contribution in [0.25, 0.3) is 0 Å². The zero-order chi connectivity index (χ0) is 9.26. The number of hydrogen-bond acceptors (Lipinski definition) is 2. The molecule has 13 heavy (non-hydrogen) atoms. The number of amides is 1. The van der Waals surface area contributed by atoms with Gasteiger partial charge in [-0.25, -0.2) is 0 Å². The van der Waals surface area contributed by atoms with Crippen molar-refractivity contribution in [3.63, 3.8) is 0 Å². The summed E-state index contributed by atoms with van der Waals surface area (Å²) in [5.74, 6) is -0.0312. The second-order valence-corrected chi connectivity index (χ2v) is 4.06. The van der Waals surface area contributed by atoms with E-state index in [1.165, 1.54) is 0 Å². The van der Waals surface area contributed by atoms with Crippen molar-refractivity contribution in [3.05, 3.63) is 28.5 Å². The molecule has 4 heteroatoms. The van der Waals surface area contributed by atoms with E-state index < -0.39 is 0 Å². The number of nitrogens with zero attached hydrogens (tertiary/aromatic N) is 1. The molecule has 0 bridgehead atoms. The van der Waals surface area contributed by atoms with Crippen LogP contribution >= 0.6 is 15.9 Å². The van der Waals surface area contributed by atoms with Gasteiger partial charge >= 0.3 is 0 Å². The first-order chi connectivity index (χ1) is 6.25. The molecule has 0 aromatic carbocycles. The second kappa shape index (κ2) is 3.46. The minimum atomic E-state index is -0.0312. The highest BCUT2D eigenvalue weighted by molar-refractivity contribution is 9.10. The van der Waals surface area contributed by atoms with Crippen LogP contribution in [0.2, 0.25) is 0 Å². The highest BCUT2D eigenvalue weighted by Gasteiger charge is 2.23. The molecule has 0 radical (unpaired) electrons. The molecule has 1 aliphatic rings. The zero-order valence-corrected chi connectivity index (χ0v) is 8.54. The maximum atomic E-state index is 11.5. The third-order valence-electron chi connectivity index (χ3n) is 1.88. The van der Waals surface area contributed by atoms with E-state index in [1.807, 2.05) is 0 Å². The summed E-state index contributed by atoms with van der Waals surface area (Å²) in [6.45, 7) is 0. The lowest BCUT2D eigenvalue weighted by molar-refractivity contribution is 0.0950. The van der Waals surface area contributed by atoms with Gasteiger partial charge in [-0.05, 0) is 34.8 Å². The number of carbonyl (C=O) groups excluding carboxylic acids is 1. The summed E-state index contributed by atoms with van der Waals surface area (Å²) in [5.41, 5.74) is 0.612. The first-order valence-electron chi connectivity index (χ1n) is 4.17. The Hall–Kier alpha value is -0.900. The van der Waals surface area contributed by atoms with Crippen LogP contribution in [0.1, 0.15) is 23.2 Å². The Morgan fingerprint density at radius 2 is 2.31 bits per heavy atom. The van der Waals surface area contributed by atoms with Gasteiger partial charge in [0.15, 0.2) is 0 Å². The number of pyridine rings is 1. The Labute approximate surface area is 84.7 Å². The average molecular weight is 241 g/mol. The molecular formula is C9H9BrN2O. The van der Waals surface area contributed by atoms with Crippen LogP contribution in [-0.2, 0) is 0 Å². The first kappa shape index (κ1) is 8.69. The Morgan fingerprint density at radius 1 is 1.54 bits per heavy atom. The van der Waals surface area contributed by atoms with Crippen molar-refractivity contribution in [2.45, 2.75) is 18.9 Å². The monoisotopic (exact) mass is 240 g/mol. The molecule has 0 saturated heterocycles. The summed E-state index contributed by atoms with van der Waals surface area (Å²) < 4.78 is 0.830. The van der Waals surface area contributed by atoms with Gasteiger partial charge in [0.1, 0.15) is 0 Å². The van der Waals surface area contributed by atoms with E-state index in [1.54, 1.807) is 18.5 Å². The number of halogens is 1. The van der Waals surface area contributed by atoms with Crippen molar-refractivity contribution >= 4 is 21.8 Å². The van der Waals surface area contributed by atoms with Gasteiger partial charge in [-0.2, -0.15) is 0 Å². The van der Waals surface area contributed by atoms with Crippen LogP contribution < -0.4 is 5.32 Å². The Kier molecular flexibility index (Phi) is 2.31. The van der Waals surface area contributed by atoms with E-state index >= 15 is 0 Å². The molecule has 1 saturated carbocycles. The topological polar surface area (TPSA) is 42.0 Å². The maximum Gasteiger partial charge on any atom is 0.253 e. The summed E-state index contributed by atoms with van der Waals surface area (Å²) in [6.07, 6.45) is 5.44. The van der Waals surface area contributed by atoms with Crippen molar-refractivity contribution in [2.75, 3.05) is 0 Å². The van der Waals surface area contributed by atoms with Crippen molar-refractivity contribution in [3.8, 4) is 0 Å². The minimum Gasteiger partial charge on any atom is -0.349 e. The predicted molar refractivity (Wildman–Crippen MR) is 52.4 cm³/mol. The summed E-state index contributed by atoms with van der Waals surface area (Å²) >= 11 is 3.27. The van der Waals surface area contributed by atoms with Crippen LogP contribution in [0.4, 0.5) is 0 Å². The van der Waals surface area contributed by atoms with Crippen molar-refractivity contribution in [1.29, 1.82) is 0 Å². The minimum absolute atomic E-state index is 0.0312. The smallest absolute Gasteiger partial charge is 0.253 e. The van der Waals surface area contributed by atoms with Gasteiger partial charge in [0, 0.05) is 22.9 Å². The average Bonchev–Trinajstić information content (AvgIpc) is 2.88. The molecule has 1 amide bonds. The molecule has 1 fully saturated rings. The summed E-state index contributed by atoms with van der Waals surface area (Å²) in [4.78, 5) is 15.4. The predicted octanol–water partition coefficient (Wildman–Crippen LogP) is 1.74. The van der Waals surface area contributed by atoms with Crippen molar-refractivity contribution in [2.24, 2.45) is 0 Å². The van der Waals surface area contributed by atoms with E-state index in [9.17, 15) is 4.79 Å². The standard InChI is InChI=1S/C9H9BrN2O/c10-7-3-6(4-11-5-7)9(13)12-8-1-2-8/h3-5,8H,1-2H2,(H,12,13). The van der Waals surface area contributed by atoms with E-state index in [4.69, 9.17) is 0 Å². The van der Waals surface area contributed by atoms with Crippen LogP contribution in [0.3, 0.4) is 0 Å². The maximum absolute atomic E-state index is 11.5. The van der Waals surface area contributed by atoms with E-state index in [-0.39, 0.29) is 5.91 Å². The molecule has 1 aromatic rings. The van der Waals surface area contributed by atoms with Crippen LogP contribution in [0.5, 0.6) is 0 Å². The molecule has 0 aliphatic heterocycles. The van der Waals surface area contributed by atoms with Crippen molar-refractivity contribution < 1.29 is 4.79 Å². The molecule has 68 valence electrons. The Bertz CT molecular complexity index is 336. The van der Waals surface area contributed by atoms with Gasteiger partial charge in [0.2, 0.25) is 0 Å². The van der Waals surface area contributed by atoms with E-state index in [0.29, 0.717) is 11.6 Å². The SMILES string of the molecule is O=C(NC1CC1)c1cncc(Br)c1. The molecule has 1 aromatic heterocycles. The van der Waals surface area contributed by atoms with Gasteiger partial charge in [-0.15, -0.1) is 0 Å². The summed E-state index contributed by atoms with van der Waals surface area (Å²) in [6, 6.07) is 2.16. The van der Waals surface area contributed by atoms with E-state index in [0.717, 1.165) is 17.3 Å². The molecule has 1 heterocycles. The highest BCUT2D eigenvalue weighted by atomic mass is 79.9. The number of aromatic nitrogens is 1. The lowest BCUT2D eigenvalue weighted by atomic mass is 10.3. The Balaban J connectivity index is 2.09. The molecule has 0 spiro atoms. The van der Waals surface area contributed by atoms with Crippen LogP contribution in [0.15, 0.2) is 22.9 Å². The lowest BCUT2D eigenvalue weighted by Gasteiger charge is -2.02. The largest absolute Gasteiger partial charge is 0.349 e. The van der Waals surface area contributed by atoms with Gasteiger partial charge in [0.25, 0.3) is 5.91 Å². The molecule has 0 unspecified atom stereocenters. The number of rotatable bonds is 2. The van der Waals surface area contributed by atoms with Gasteiger partial charge in [-0.1, -0.05) is 0 Å². The first-order valence-corrected chi connectivity index (χ1v) is 4.96. The third kappa shape index (κ3) is 2.28. The molecule has 1 aliphatic carbocycles. The number of nitrogens with one attached hydrogen (secondary N) is 1. The number of hydrogen-bond donors (Lipinski definition) is 1. The highest BCUT2D eigenvalue weighted by Crippen LogP contribution is 2.19. The molecule has 0 atom stereocenters. The van der Waals surface area contributed by atoms with Gasteiger partial charge < -0.3 is 5.32 Å². The third-order valence-corrected chi connectivity index (χ3v) is 2.31. The molecule has 3 nitrogen and oxygen atoms in total. The molecule has 2 rings (SSSR count). The fourth-order valence-electron chi connectivity index (χ4n) is 1.03. The fraction of sp³-hybridized carbons (Fsp3) is 0.333. The van der Waals surface area contributed by atoms with Gasteiger partial charge in [-0.3, -0.25) is 9.78 Å². The fourth-order valence-corrected chi connectivity index (χ4v) is 1.40. The Morgan fingerprint density at radius 3 is 2.92 bits per heavy atom. The van der Waals surface area contributed by atoms with Crippen molar-refractivity contribution in [1.82, 2.24) is 10.3 Å². The van der Waals surface area contributed by atoms with Crippen LogP contribution in [0, 0.1) is 0 Å². The molecular weight excluding hydrogens is 232 g/mol.